The third-order valence-corrected chi connectivity index (χ3v) is 3.14. The Kier molecular flexibility index (Phi) is 6.20. The Morgan fingerprint density at radius 3 is 2.67 bits per heavy atom. The van der Waals surface area contributed by atoms with E-state index in [2.05, 4.69) is 5.32 Å². The van der Waals surface area contributed by atoms with Crippen LogP contribution in [0.3, 0.4) is 0 Å². The Bertz CT molecular complexity index is 443. The molecule has 0 amide bonds. The molecule has 2 rings (SSSR count). The number of fused-ring (bicyclic) bond motifs is 1. The zero-order valence-electron chi connectivity index (χ0n) is 12.1. The maximum atomic E-state index is 12.2. The van der Waals surface area contributed by atoms with E-state index in [0.29, 0.717) is 24.7 Å². The molecule has 0 aromatic heterocycles. The first-order valence-electron chi connectivity index (χ1n) is 7.19. The molecule has 1 aliphatic heterocycles. The number of hydrogen-bond acceptors (Lipinski definition) is 4. The second kappa shape index (κ2) is 8.14. The molecular weight excluding hydrogens is 280 g/mol. The Labute approximate surface area is 123 Å². The van der Waals surface area contributed by atoms with Crippen LogP contribution in [0.1, 0.15) is 24.9 Å². The Morgan fingerprint density at radius 1 is 1.19 bits per heavy atom. The van der Waals surface area contributed by atoms with E-state index in [9.17, 15) is 8.78 Å². The Morgan fingerprint density at radius 2 is 1.95 bits per heavy atom. The second-order valence-electron chi connectivity index (χ2n) is 4.84. The zero-order chi connectivity index (χ0) is 15.1. The van der Waals surface area contributed by atoms with Gasteiger partial charge < -0.3 is 19.5 Å². The van der Waals surface area contributed by atoms with Crippen LogP contribution in [-0.2, 0) is 4.74 Å². The van der Waals surface area contributed by atoms with Gasteiger partial charge in [-0.25, -0.2) is 8.78 Å². The summed E-state index contributed by atoms with van der Waals surface area (Å²) >= 11 is 0. The third kappa shape index (κ3) is 4.82. The van der Waals surface area contributed by atoms with Gasteiger partial charge in [0.15, 0.2) is 11.5 Å². The molecule has 0 radical (unpaired) electrons. The zero-order valence-corrected chi connectivity index (χ0v) is 12.1. The molecule has 1 N–H and O–H groups in total. The Balaban J connectivity index is 2.04. The van der Waals surface area contributed by atoms with Gasteiger partial charge in [-0.3, -0.25) is 0 Å². The van der Waals surface area contributed by atoms with Gasteiger partial charge in [0, 0.05) is 0 Å². The first-order chi connectivity index (χ1) is 10.2. The summed E-state index contributed by atoms with van der Waals surface area (Å²) in [5.41, 5.74) is 0.946. The van der Waals surface area contributed by atoms with E-state index in [1.165, 1.54) is 0 Å². The van der Waals surface area contributed by atoms with E-state index in [4.69, 9.17) is 14.2 Å². The summed E-state index contributed by atoms with van der Waals surface area (Å²) in [4.78, 5) is 0. The predicted octanol–water partition coefficient (Wildman–Crippen LogP) is 2.78. The van der Waals surface area contributed by atoms with E-state index >= 15 is 0 Å². The highest BCUT2D eigenvalue weighted by Gasteiger charge is 2.17. The minimum Gasteiger partial charge on any atom is -0.486 e. The summed E-state index contributed by atoms with van der Waals surface area (Å²) in [6.45, 7) is 3.55. The second-order valence-corrected chi connectivity index (χ2v) is 4.84. The van der Waals surface area contributed by atoms with Crippen LogP contribution in [0.4, 0.5) is 8.78 Å². The van der Waals surface area contributed by atoms with Crippen molar-refractivity contribution in [3.8, 4) is 11.5 Å². The predicted molar refractivity (Wildman–Crippen MR) is 75.3 cm³/mol. The standard InChI is InChI=1S/C15H21F2NO3/c1-2-5-18-12(9-19-10-15(16)17)11-3-4-13-14(8-11)21-7-6-20-13/h3-4,8,12,15,18H,2,5-7,9-10H2,1H3. The van der Waals surface area contributed by atoms with Gasteiger partial charge in [0.05, 0.1) is 12.6 Å². The maximum absolute atomic E-state index is 12.2. The van der Waals surface area contributed by atoms with Crippen LogP contribution in [0.2, 0.25) is 0 Å². The van der Waals surface area contributed by atoms with Crippen molar-refractivity contribution in [2.75, 3.05) is 33.0 Å². The van der Waals surface area contributed by atoms with E-state index in [0.717, 1.165) is 18.5 Å². The smallest absolute Gasteiger partial charge is 0.261 e. The maximum Gasteiger partial charge on any atom is 0.261 e. The van der Waals surface area contributed by atoms with Crippen molar-refractivity contribution in [2.45, 2.75) is 25.8 Å². The van der Waals surface area contributed by atoms with E-state index in [1.54, 1.807) is 0 Å². The van der Waals surface area contributed by atoms with Gasteiger partial charge in [-0.15, -0.1) is 0 Å². The summed E-state index contributed by atoms with van der Waals surface area (Å²) < 4.78 is 40.5. The SMILES string of the molecule is CCCNC(COCC(F)F)c1ccc2c(c1)OCCO2. The first kappa shape index (κ1) is 16.0. The van der Waals surface area contributed by atoms with Gasteiger partial charge in [0.2, 0.25) is 0 Å². The van der Waals surface area contributed by atoms with Crippen molar-refractivity contribution in [1.82, 2.24) is 5.32 Å². The van der Waals surface area contributed by atoms with Crippen LogP contribution in [0.15, 0.2) is 18.2 Å². The molecule has 0 spiro atoms. The third-order valence-electron chi connectivity index (χ3n) is 3.14. The summed E-state index contributed by atoms with van der Waals surface area (Å²) in [5.74, 6) is 1.41. The molecule has 0 fully saturated rings. The summed E-state index contributed by atoms with van der Waals surface area (Å²) in [5, 5.41) is 3.30. The van der Waals surface area contributed by atoms with Crippen molar-refractivity contribution in [1.29, 1.82) is 0 Å². The van der Waals surface area contributed by atoms with Gasteiger partial charge >= 0.3 is 0 Å². The molecule has 21 heavy (non-hydrogen) atoms. The molecule has 1 aliphatic rings. The molecule has 1 aromatic rings. The lowest BCUT2D eigenvalue weighted by molar-refractivity contribution is 0.00917. The summed E-state index contributed by atoms with van der Waals surface area (Å²) in [6.07, 6.45) is -1.49. The molecule has 0 saturated heterocycles. The lowest BCUT2D eigenvalue weighted by Crippen LogP contribution is -2.27. The molecule has 0 bridgehead atoms. The molecule has 1 heterocycles. The van der Waals surface area contributed by atoms with Crippen molar-refractivity contribution in [3.63, 3.8) is 0 Å². The fourth-order valence-corrected chi connectivity index (χ4v) is 2.14. The van der Waals surface area contributed by atoms with Gasteiger partial charge in [0.25, 0.3) is 6.43 Å². The minimum absolute atomic E-state index is 0.139. The number of alkyl halides is 2. The van der Waals surface area contributed by atoms with E-state index in [-0.39, 0.29) is 12.6 Å². The highest BCUT2D eigenvalue weighted by atomic mass is 19.3. The van der Waals surface area contributed by atoms with Gasteiger partial charge in [0.1, 0.15) is 19.8 Å². The molecule has 0 aliphatic carbocycles. The molecule has 118 valence electrons. The molecule has 4 nitrogen and oxygen atoms in total. The van der Waals surface area contributed by atoms with E-state index < -0.39 is 13.0 Å². The summed E-state index contributed by atoms with van der Waals surface area (Å²) in [7, 11) is 0. The fourth-order valence-electron chi connectivity index (χ4n) is 2.14. The topological polar surface area (TPSA) is 39.7 Å². The van der Waals surface area contributed by atoms with Crippen molar-refractivity contribution in [3.05, 3.63) is 23.8 Å². The van der Waals surface area contributed by atoms with Gasteiger partial charge in [-0.2, -0.15) is 0 Å². The van der Waals surface area contributed by atoms with E-state index in [1.807, 2.05) is 25.1 Å². The average Bonchev–Trinajstić information content (AvgIpc) is 2.50. The van der Waals surface area contributed by atoms with Crippen molar-refractivity contribution >= 4 is 0 Å². The van der Waals surface area contributed by atoms with Crippen LogP contribution < -0.4 is 14.8 Å². The van der Waals surface area contributed by atoms with Crippen LogP contribution in [0.5, 0.6) is 11.5 Å². The number of hydrogen-bond donors (Lipinski definition) is 1. The average molecular weight is 301 g/mol. The van der Waals surface area contributed by atoms with Crippen molar-refractivity contribution in [2.24, 2.45) is 0 Å². The number of halogens is 2. The van der Waals surface area contributed by atoms with Crippen LogP contribution in [0.25, 0.3) is 0 Å². The summed E-state index contributed by atoms with van der Waals surface area (Å²) in [6, 6.07) is 5.50. The quantitative estimate of drug-likeness (QED) is 0.801. The Hall–Kier alpha value is -1.40. The van der Waals surface area contributed by atoms with Gasteiger partial charge in [-0.1, -0.05) is 13.0 Å². The van der Waals surface area contributed by atoms with Crippen LogP contribution in [0, 0.1) is 0 Å². The van der Waals surface area contributed by atoms with Crippen LogP contribution in [-0.4, -0.2) is 39.4 Å². The minimum atomic E-state index is -2.45. The largest absolute Gasteiger partial charge is 0.486 e. The number of rotatable bonds is 8. The highest BCUT2D eigenvalue weighted by molar-refractivity contribution is 5.44. The number of nitrogens with one attached hydrogen (secondary N) is 1. The molecule has 1 atom stereocenters. The fraction of sp³-hybridized carbons (Fsp3) is 0.600. The first-order valence-corrected chi connectivity index (χ1v) is 7.19. The lowest BCUT2D eigenvalue weighted by Gasteiger charge is -2.23. The number of benzene rings is 1. The van der Waals surface area contributed by atoms with Gasteiger partial charge in [-0.05, 0) is 30.7 Å². The molecule has 1 aromatic carbocycles. The molecule has 6 heteroatoms. The van der Waals surface area contributed by atoms with Crippen molar-refractivity contribution < 1.29 is 23.0 Å². The molecular formula is C15H21F2NO3. The lowest BCUT2D eigenvalue weighted by atomic mass is 10.1. The van der Waals surface area contributed by atoms with Crippen LogP contribution >= 0.6 is 0 Å². The molecule has 1 unspecified atom stereocenters. The normalized spacial score (nSPS) is 15.2. The number of ether oxygens (including phenoxy) is 3. The molecule has 0 saturated carbocycles. The monoisotopic (exact) mass is 301 g/mol. The highest BCUT2D eigenvalue weighted by Crippen LogP contribution is 2.32.